The summed E-state index contributed by atoms with van der Waals surface area (Å²) in [7, 11) is 0. The standard InChI is InChI=1S/C24H26N4O3S/c29-21(28-7-3-17(4-8-28)12-20-15-32-16-26-20)2-1-18-11-19-13-24(5-9-31-10-6-24)23(30)27-22(19)25-14-18/h1-2,11-12,14-16H,3-10,13H2,(H,25,27,30)/b2-1+. The second kappa shape index (κ2) is 8.96. The smallest absolute Gasteiger partial charge is 0.246 e. The number of likely N-dealkylation sites (tertiary alicyclic amines) is 1. The highest BCUT2D eigenvalue weighted by Gasteiger charge is 2.43. The van der Waals surface area contributed by atoms with Crippen LogP contribution in [-0.4, -0.2) is 53.0 Å². The van der Waals surface area contributed by atoms with Crippen molar-refractivity contribution >= 4 is 41.1 Å². The summed E-state index contributed by atoms with van der Waals surface area (Å²) in [5.41, 5.74) is 5.67. The van der Waals surface area contributed by atoms with Crippen LogP contribution in [0.1, 0.15) is 42.5 Å². The predicted octanol–water partition coefficient (Wildman–Crippen LogP) is 3.55. The fourth-order valence-electron chi connectivity index (χ4n) is 4.65. The fraction of sp³-hybridized carbons (Fsp3) is 0.417. The van der Waals surface area contributed by atoms with Crippen LogP contribution in [0.4, 0.5) is 5.82 Å². The Morgan fingerprint density at radius 3 is 2.78 bits per heavy atom. The van der Waals surface area contributed by atoms with E-state index in [-0.39, 0.29) is 11.8 Å². The van der Waals surface area contributed by atoms with Crippen LogP contribution < -0.4 is 5.32 Å². The van der Waals surface area contributed by atoms with Crippen molar-refractivity contribution in [1.29, 1.82) is 0 Å². The van der Waals surface area contributed by atoms with E-state index < -0.39 is 5.41 Å². The monoisotopic (exact) mass is 450 g/mol. The van der Waals surface area contributed by atoms with Gasteiger partial charge in [0.15, 0.2) is 0 Å². The predicted molar refractivity (Wildman–Crippen MR) is 124 cm³/mol. The molecule has 166 valence electrons. The molecule has 0 unspecified atom stereocenters. The molecule has 0 aromatic carbocycles. The number of nitrogens with zero attached hydrogens (tertiary/aromatic N) is 3. The van der Waals surface area contributed by atoms with Gasteiger partial charge in [-0.25, -0.2) is 9.97 Å². The van der Waals surface area contributed by atoms with Crippen LogP contribution in [0.3, 0.4) is 0 Å². The lowest BCUT2D eigenvalue weighted by molar-refractivity contribution is -0.131. The van der Waals surface area contributed by atoms with Crippen molar-refractivity contribution in [2.75, 3.05) is 31.6 Å². The van der Waals surface area contributed by atoms with Crippen LogP contribution >= 0.6 is 11.3 Å². The molecule has 2 fully saturated rings. The Hall–Kier alpha value is -2.84. The molecule has 2 aromatic heterocycles. The van der Waals surface area contributed by atoms with Crippen molar-refractivity contribution in [2.45, 2.75) is 32.1 Å². The quantitative estimate of drug-likeness (QED) is 0.723. The van der Waals surface area contributed by atoms with Crippen LogP contribution in [0.5, 0.6) is 0 Å². The molecule has 0 bridgehead atoms. The van der Waals surface area contributed by atoms with Crippen molar-refractivity contribution in [3.63, 3.8) is 0 Å². The molecule has 1 N–H and O–H groups in total. The van der Waals surface area contributed by atoms with Crippen molar-refractivity contribution in [3.8, 4) is 0 Å². The largest absolute Gasteiger partial charge is 0.381 e. The highest BCUT2D eigenvalue weighted by Crippen LogP contribution is 2.40. The van der Waals surface area contributed by atoms with Gasteiger partial charge in [0.1, 0.15) is 5.82 Å². The Labute approximate surface area is 191 Å². The summed E-state index contributed by atoms with van der Waals surface area (Å²) in [6, 6.07) is 2.04. The first-order chi connectivity index (χ1) is 15.6. The average molecular weight is 451 g/mol. The molecule has 2 aromatic rings. The zero-order valence-electron chi connectivity index (χ0n) is 17.9. The minimum absolute atomic E-state index is 0.0182. The van der Waals surface area contributed by atoms with Crippen molar-refractivity contribution in [1.82, 2.24) is 14.9 Å². The van der Waals surface area contributed by atoms with E-state index in [2.05, 4.69) is 21.4 Å². The van der Waals surface area contributed by atoms with Gasteiger partial charge in [0.05, 0.1) is 16.6 Å². The first-order valence-corrected chi connectivity index (χ1v) is 12.0. The number of aromatic nitrogens is 2. The number of carbonyl (C=O) groups is 2. The second-order valence-corrected chi connectivity index (χ2v) is 9.39. The van der Waals surface area contributed by atoms with E-state index >= 15 is 0 Å². The van der Waals surface area contributed by atoms with Gasteiger partial charge in [-0.1, -0.05) is 5.57 Å². The minimum Gasteiger partial charge on any atom is -0.381 e. The van der Waals surface area contributed by atoms with Gasteiger partial charge >= 0.3 is 0 Å². The summed E-state index contributed by atoms with van der Waals surface area (Å²) in [5, 5.41) is 5.01. The summed E-state index contributed by atoms with van der Waals surface area (Å²) < 4.78 is 5.46. The van der Waals surface area contributed by atoms with Crippen LogP contribution in [0.2, 0.25) is 0 Å². The topological polar surface area (TPSA) is 84.4 Å². The highest BCUT2D eigenvalue weighted by atomic mass is 32.1. The second-order valence-electron chi connectivity index (χ2n) is 8.67. The van der Waals surface area contributed by atoms with Crippen LogP contribution in [-0.2, 0) is 20.7 Å². The third-order valence-electron chi connectivity index (χ3n) is 6.62. The number of hydrogen-bond donors (Lipinski definition) is 1. The maximum atomic E-state index is 12.7. The molecule has 1 spiro atoms. The number of piperidine rings is 1. The van der Waals surface area contributed by atoms with Crippen LogP contribution in [0, 0.1) is 5.41 Å². The number of anilines is 1. The first kappa shape index (κ1) is 21.0. The number of carbonyl (C=O) groups excluding carboxylic acids is 2. The third kappa shape index (κ3) is 4.38. The molecule has 5 rings (SSSR count). The van der Waals surface area contributed by atoms with Gasteiger partial charge in [0.2, 0.25) is 11.8 Å². The normalized spacial score (nSPS) is 20.3. The molecule has 2 saturated heterocycles. The lowest BCUT2D eigenvalue weighted by Crippen LogP contribution is -2.45. The van der Waals surface area contributed by atoms with E-state index in [1.807, 2.05) is 27.9 Å². The van der Waals surface area contributed by atoms with Gasteiger partial charge in [-0.15, -0.1) is 11.3 Å². The minimum atomic E-state index is -0.400. The maximum absolute atomic E-state index is 12.7. The van der Waals surface area contributed by atoms with E-state index in [0.29, 0.717) is 25.5 Å². The van der Waals surface area contributed by atoms with Crippen molar-refractivity contribution in [2.24, 2.45) is 5.41 Å². The van der Waals surface area contributed by atoms with Gasteiger partial charge in [0, 0.05) is 44.0 Å². The van der Waals surface area contributed by atoms with Crippen molar-refractivity contribution < 1.29 is 14.3 Å². The van der Waals surface area contributed by atoms with Gasteiger partial charge in [-0.05, 0) is 61.4 Å². The number of fused-ring (bicyclic) bond motifs is 1. The number of nitrogens with one attached hydrogen (secondary N) is 1. The first-order valence-electron chi connectivity index (χ1n) is 11.0. The molecular weight excluding hydrogens is 424 g/mol. The zero-order valence-corrected chi connectivity index (χ0v) is 18.7. The Morgan fingerprint density at radius 2 is 2.03 bits per heavy atom. The Kier molecular flexibility index (Phi) is 5.89. The molecule has 5 heterocycles. The lowest BCUT2D eigenvalue weighted by atomic mass is 9.72. The van der Waals surface area contributed by atoms with E-state index in [0.717, 1.165) is 55.6 Å². The van der Waals surface area contributed by atoms with E-state index in [1.54, 1.807) is 23.6 Å². The average Bonchev–Trinajstić information content (AvgIpc) is 3.32. The summed E-state index contributed by atoms with van der Waals surface area (Å²) in [6.07, 6.45) is 11.2. The van der Waals surface area contributed by atoms with Crippen LogP contribution in [0.15, 0.2) is 34.8 Å². The number of rotatable bonds is 3. The fourth-order valence-corrected chi connectivity index (χ4v) is 5.16. The van der Waals surface area contributed by atoms with E-state index in [1.165, 1.54) is 5.57 Å². The summed E-state index contributed by atoms with van der Waals surface area (Å²) in [4.78, 5) is 36.0. The lowest BCUT2D eigenvalue weighted by Gasteiger charge is -2.39. The van der Waals surface area contributed by atoms with Crippen molar-refractivity contribution in [3.05, 3.63) is 51.6 Å². The summed E-state index contributed by atoms with van der Waals surface area (Å²) >= 11 is 1.59. The molecule has 3 aliphatic heterocycles. The number of thiazole rings is 1. The summed E-state index contributed by atoms with van der Waals surface area (Å²) in [5.74, 6) is 0.697. The van der Waals surface area contributed by atoms with Gasteiger partial charge < -0.3 is 15.0 Å². The molecule has 0 saturated carbocycles. The molecule has 32 heavy (non-hydrogen) atoms. The molecule has 7 nitrogen and oxygen atoms in total. The van der Waals surface area contributed by atoms with Gasteiger partial charge in [-0.3, -0.25) is 9.59 Å². The Morgan fingerprint density at radius 1 is 1.22 bits per heavy atom. The Balaban J connectivity index is 1.22. The molecule has 0 aliphatic carbocycles. The number of pyridine rings is 1. The molecule has 2 amide bonds. The zero-order chi connectivity index (χ0) is 22.0. The molecule has 8 heteroatoms. The maximum Gasteiger partial charge on any atom is 0.246 e. The van der Waals surface area contributed by atoms with Gasteiger partial charge in [-0.2, -0.15) is 0 Å². The summed E-state index contributed by atoms with van der Waals surface area (Å²) in [6.45, 7) is 2.66. The SMILES string of the molecule is O=C(/C=C/c1cnc2c(c1)CC1(CCOCC1)C(=O)N2)N1CCC(=Cc2cscn2)CC1. The number of amides is 2. The Bertz CT molecular complexity index is 1060. The van der Waals surface area contributed by atoms with E-state index in [4.69, 9.17) is 4.74 Å². The molecule has 0 radical (unpaired) electrons. The molecule has 3 aliphatic rings. The molecular formula is C24H26N4O3S. The van der Waals surface area contributed by atoms with E-state index in [9.17, 15) is 9.59 Å². The highest BCUT2D eigenvalue weighted by molar-refractivity contribution is 7.07. The van der Waals surface area contributed by atoms with Crippen LogP contribution in [0.25, 0.3) is 12.2 Å². The third-order valence-corrected chi connectivity index (χ3v) is 7.22. The van der Waals surface area contributed by atoms with Gasteiger partial charge in [0.25, 0.3) is 0 Å². The number of ether oxygens (including phenoxy) is 1. The number of hydrogen-bond acceptors (Lipinski definition) is 6. The molecule has 0 atom stereocenters.